The smallest absolute Gasteiger partial charge is 0.319 e. The molecular formula is C21H25N3O4. The van der Waals surface area contributed by atoms with E-state index in [1.54, 1.807) is 38.4 Å². The van der Waals surface area contributed by atoms with E-state index in [2.05, 4.69) is 10.6 Å². The number of carboxylic acids is 1. The van der Waals surface area contributed by atoms with Crippen molar-refractivity contribution < 1.29 is 19.5 Å². The lowest BCUT2D eigenvalue weighted by Crippen LogP contribution is -2.39. The molecule has 1 unspecified atom stereocenters. The summed E-state index contributed by atoms with van der Waals surface area (Å²) in [7, 11) is 3.35. The number of carboxylic acid groups (broad SMARTS) is 1. The van der Waals surface area contributed by atoms with Crippen LogP contribution in [-0.2, 0) is 11.2 Å². The van der Waals surface area contributed by atoms with E-state index in [-0.39, 0.29) is 18.4 Å². The fraction of sp³-hybridized carbons (Fsp3) is 0.286. The van der Waals surface area contributed by atoms with E-state index in [9.17, 15) is 14.4 Å². The maximum atomic E-state index is 12.3. The Labute approximate surface area is 164 Å². The van der Waals surface area contributed by atoms with Crippen LogP contribution in [0.25, 0.3) is 0 Å². The Bertz CT molecular complexity index is 804. The Morgan fingerprint density at radius 2 is 1.64 bits per heavy atom. The van der Waals surface area contributed by atoms with Crippen LogP contribution in [0.3, 0.4) is 0 Å². The topological polar surface area (TPSA) is 98.7 Å². The van der Waals surface area contributed by atoms with Crippen molar-refractivity contribution in [3.63, 3.8) is 0 Å². The minimum atomic E-state index is -0.901. The zero-order valence-electron chi connectivity index (χ0n) is 16.0. The third kappa shape index (κ3) is 6.75. The first kappa shape index (κ1) is 21.0. The highest BCUT2D eigenvalue weighted by atomic mass is 16.4. The van der Waals surface area contributed by atoms with Crippen LogP contribution in [-0.4, -0.2) is 48.1 Å². The summed E-state index contributed by atoms with van der Waals surface area (Å²) in [4.78, 5) is 36.6. The van der Waals surface area contributed by atoms with E-state index < -0.39 is 12.0 Å². The molecule has 3 N–H and O–H groups in total. The van der Waals surface area contributed by atoms with Crippen LogP contribution in [0.4, 0.5) is 10.5 Å². The number of nitrogens with one attached hydrogen (secondary N) is 2. The van der Waals surface area contributed by atoms with Crippen molar-refractivity contribution in [2.45, 2.75) is 25.3 Å². The van der Waals surface area contributed by atoms with Crippen molar-refractivity contribution in [1.29, 1.82) is 0 Å². The maximum Gasteiger partial charge on any atom is 0.319 e. The van der Waals surface area contributed by atoms with Gasteiger partial charge in [0.25, 0.3) is 5.91 Å². The molecule has 28 heavy (non-hydrogen) atoms. The van der Waals surface area contributed by atoms with Gasteiger partial charge >= 0.3 is 12.0 Å². The summed E-state index contributed by atoms with van der Waals surface area (Å²) in [5.41, 5.74) is 2.09. The number of aliphatic carboxylic acids is 1. The van der Waals surface area contributed by atoms with Gasteiger partial charge in [0.2, 0.25) is 0 Å². The summed E-state index contributed by atoms with van der Waals surface area (Å²) in [6.45, 7) is 0. The first-order valence-electron chi connectivity index (χ1n) is 9.00. The van der Waals surface area contributed by atoms with Gasteiger partial charge in [-0.1, -0.05) is 30.3 Å². The molecule has 0 bridgehead atoms. The molecule has 7 heteroatoms. The second kappa shape index (κ2) is 10.1. The van der Waals surface area contributed by atoms with Crippen LogP contribution in [0.15, 0.2) is 54.6 Å². The normalized spacial score (nSPS) is 11.4. The van der Waals surface area contributed by atoms with Crippen LogP contribution < -0.4 is 10.6 Å². The largest absolute Gasteiger partial charge is 0.481 e. The zero-order chi connectivity index (χ0) is 20.5. The highest BCUT2D eigenvalue weighted by Crippen LogP contribution is 2.12. The molecule has 1 atom stereocenters. The number of benzene rings is 2. The number of nitrogens with zero attached hydrogens (tertiary/aromatic N) is 1. The van der Waals surface area contributed by atoms with Crippen molar-refractivity contribution >= 4 is 23.6 Å². The van der Waals surface area contributed by atoms with E-state index in [0.717, 1.165) is 5.56 Å². The number of hydrogen-bond donors (Lipinski definition) is 3. The lowest BCUT2D eigenvalue weighted by Gasteiger charge is -2.19. The molecule has 2 rings (SSSR count). The Balaban J connectivity index is 1.98. The number of amides is 3. The van der Waals surface area contributed by atoms with E-state index in [4.69, 9.17) is 5.11 Å². The molecule has 7 nitrogen and oxygen atoms in total. The predicted octanol–water partition coefficient (Wildman–Crippen LogP) is 2.99. The van der Waals surface area contributed by atoms with Crippen molar-refractivity contribution in [1.82, 2.24) is 10.2 Å². The van der Waals surface area contributed by atoms with Crippen molar-refractivity contribution in [3.05, 3.63) is 65.7 Å². The molecular weight excluding hydrogens is 358 g/mol. The molecule has 0 saturated heterocycles. The minimum absolute atomic E-state index is 0.0286. The molecule has 0 aliphatic carbocycles. The van der Waals surface area contributed by atoms with Gasteiger partial charge in [-0.3, -0.25) is 9.59 Å². The Morgan fingerprint density at radius 3 is 2.21 bits per heavy atom. The number of hydrogen-bond acceptors (Lipinski definition) is 3. The van der Waals surface area contributed by atoms with Crippen molar-refractivity contribution in [2.24, 2.45) is 0 Å². The van der Waals surface area contributed by atoms with Crippen LogP contribution in [0.1, 0.15) is 28.8 Å². The van der Waals surface area contributed by atoms with Gasteiger partial charge in [0, 0.05) is 37.8 Å². The average Bonchev–Trinajstić information content (AvgIpc) is 2.66. The number of rotatable bonds is 8. The fourth-order valence-electron chi connectivity index (χ4n) is 2.73. The van der Waals surface area contributed by atoms with Gasteiger partial charge in [0.1, 0.15) is 0 Å². The van der Waals surface area contributed by atoms with Gasteiger partial charge in [-0.2, -0.15) is 0 Å². The van der Waals surface area contributed by atoms with E-state index in [1.807, 2.05) is 30.3 Å². The lowest BCUT2D eigenvalue weighted by atomic mass is 10.0. The quantitative estimate of drug-likeness (QED) is 0.653. The lowest BCUT2D eigenvalue weighted by molar-refractivity contribution is -0.137. The number of anilines is 1. The van der Waals surface area contributed by atoms with Gasteiger partial charge in [0.15, 0.2) is 0 Å². The summed E-state index contributed by atoms with van der Waals surface area (Å²) in [6.07, 6.45) is 0.838. The second-order valence-corrected chi connectivity index (χ2v) is 6.69. The molecule has 0 aliphatic rings. The van der Waals surface area contributed by atoms with Gasteiger partial charge < -0.3 is 20.6 Å². The zero-order valence-corrected chi connectivity index (χ0v) is 16.0. The minimum Gasteiger partial charge on any atom is -0.481 e. The standard InChI is InChI=1S/C21H25N3O4/c1-24(2)20(27)16-8-10-17(11-9-16)22-21(28)23-18(12-13-19(25)26)14-15-6-4-3-5-7-15/h3-11,18H,12-14H2,1-2H3,(H,25,26)(H2,22,23,28). The van der Waals surface area contributed by atoms with Gasteiger partial charge in [0.05, 0.1) is 0 Å². The molecule has 0 fully saturated rings. The molecule has 0 heterocycles. The van der Waals surface area contributed by atoms with E-state index in [0.29, 0.717) is 24.1 Å². The van der Waals surface area contributed by atoms with Crippen LogP contribution >= 0.6 is 0 Å². The molecule has 2 aromatic carbocycles. The van der Waals surface area contributed by atoms with Crippen LogP contribution in [0.2, 0.25) is 0 Å². The predicted molar refractivity (Wildman–Crippen MR) is 107 cm³/mol. The molecule has 148 valence electrons. The number of urea groups is 1. The maximum absolute atomic E-state index is 12.3. The van der Waals surface area contributed by atoms with Crippen LogP contribution in [0.5, 0.6) is 0 Å². The molecule has 0 spiro atoms. The highest BCUT2D eigenvalue weighted by Gasteiger charge is 2.15. The van der Waals surface area contributed by atoms with Gasteiger partial charge in [-0.25, -0.2) is 4.79 Å². The third-order valence-electron chi connectivity index (χ3n) is 4.16. The van der Waals surface area contributed by atoms with E-state index in [1.165, 1.54) is 4.90 Å². The van der Waals surface area contributed by atoms with Crippen molar-refractivity contribution in [3.8, 4) is 0 Å². The molecule has 3 amide bonds. The summed E-state index contributed by atoms with van der Waals surface area (Å²) >= 11 is 0. The first-order valence-corrected chi connectivity index (χ1v) is 9.00. The number of carbonyl (C=O) groups is 3. The monoisotopic (exact) mass is 383 g/mol. The highest BCUT2D eigenvalue weighted by molar-refractivity contribution is 5.95. The molecule has 0 aliphatic heterocycles. The summed E-state index contributed by atoms with van der Waals surface area (Å²) in [6, 6.07) is 15.4. The van der Waals surface area contributed by atoms with Crippen molar-refractivity contribution in [2.75, 3.05) is 19.4 Å². The summed E-state index contributed by atoms with van der Waals surface area (Å²) in [5, 5.41) is 14.5. The number of carbonyl (C=O) groups excluding carboxylic acids is 2. The SMILES string of the molecule is CN(C)C(=O)c1ccc(NC(=O)NC(CCC(=O)O)Cc2ccccc2)cc1. The molecule has 0 saturated carbocycles. The second-order valence-electron chi connectivity index (χ2n) is 6.69. The third-order valence-corrected chi connectivity index (χ3v) is 4.16. The Hall–Kier alpha value is -3.35. The first-order chi connectivity index (χ1) is 13.3. The Morgan fingerprint density at radius 1 is 1.00 bits per heavy atom. The Kier molecular flexibility index (Phi) is 7.56. The fourth-order valence-corrected chi connectivity index (χ4v) is 2.73. The summed E-state index contributed by atoms with van der Waals surface area (Å²) in [5.74, 6) is -1.02. The molecule has 0 aromatic heterocycles. The van der Waals surface area contributed by atoms with E-state index >= 15 is 0 Å². The molecule has 2 aromatic rings. The average molecular weight is 383 g/mol. The van der Waals surface area contributed by atoms with Crippen LogP contribution in [0, 0.1) is 0 Å². The summed E-state index contributed by atoms with van der Waals surface area (Å²) < 4.78 is 0. The van der Waals surface area contributed by atoms with Gasteiger partial charge in [-0.05, 0) is 42.7 Å². The molecule has 0 radical (unpaired) electrons. The van der Waals surface area contributed by atoms with Gasteiger partial charge in [-0.15, -0.1) is 0 Å².